The Labute approximate surface area is 116 Å². The van der Waals surface area contributed by atoms with Crippen molar-refractivity contribution in [3.63, 3.8) is 0 Å². The van der Waals surface area contributed by atoms with E-state index < -0.39 is 5.97 Å². The lowest BCUT2D eigenvalue weighted by atomic mass is 9.97. The van der Waals surface area contributed by atoms with E-state index in [1.807, 2.05) is 6.20 Å². The number of hydrogen-bond donors (Lipinski definition) is 2. The van der Waals surface area contributed by atoms with Gasteiger partial charge in [-0.05, 0) is 38.1 Å². The molecule has 20 heavy (non-hydrogen) atoms. The number of nitrogens with zero attached hydrogens (tertiary/aromatic N) is 2. The van der Waals surface area contributed by atoms with Gasteiger partial charge in [0.15, 0.2) is 5.69 Å². The van der Waals surface area contributed by atoms with E-state index in [9.17, 15) is 9.90 Å². The van der Waals surface area contributed by atoms with E-state index in [0.29, 0.717) is 5.52 Å². The van der Waals surface area contributed by atoms with Gasteiger partial charge in [0.2, 0.25) is 0 Å². The lowest BCUT2D eigenvalue weighted by Gasteiger charge is -2.21. The van der Waals surface area contributed by atoms with E-state index in [2.05, 4.69) is 10.3 Å². The molecule has 2 aromatic rings. The van der Waals surface area contributed by atoms with Gasteiger partial charge in [-0.3, -0.25) is 4.40 Å². The van der Waals surface area contributed by atoms with Crippen LogP contribution in [0.1, 0.15) is 35.1 Å². The van der Waals surface area contributed by atoms with Gasteiger partial charge in [0.25, 0.3) is 0 Å². The number of piperidine rings is 1. The molecular formula is C14H17N3O3. The fourth-order valence-electron chi connectivity index (χ4n) is 2.75. The lowest BCUT2D eigenvalue weighted by Crippen LogP contribution is -2.27. The molecule has 0 amide bonds. The van der Waals surface area contributed by atoms with Crippen LogP contribution in [0.15, 0.2) is 18.3 Å². The van der Waals surface area contributed by atoms with E-state index in [1.165, 1.54) is 7.11 Å². The maximum atomic E-state index is 11.9. The van der Waals surface area contributed by atoms with E-state index >= 15 is 0 Å². The average molecular weight is 275 g/mol. The molecule has 0 bridgehead atoms. The third-order valence-electron chi connectivity index (χ3n) is 3.75. The van der Waals surface area contributed by atoms with Crippen molar-refractivity contribution in [1.82, 2.24) is 14.7 Å². The van der Waals surface area contributed by atoms with Crippen molar-refractivity contribution in [1.29, 1.82) is 0 Å². The topological polar surface area (TPSA) is 75.9 Å². The number of aromatic hydroxyl groups is 1. The molecule has 2 aromatic heterocycles. The molecule has 0 aromatic carbocycles. The Morgan fingerprint density at radius 2 is 2.25 bits per heavy atom. The third-order valence-corrected chi connectivity index (χ3v) is 3.75. The van der Waals surface area contributed by atoms with Crippen molar-refractivity contribution in [2.45, 2.75) is 18.8 Å². The second kappa shape index (κ2) is 5.13. The van der Waals surface area contributed by atoms with Crippen LogP contribution in [0, 0.1) is 0 Å². The van der Waals surface area contributed by atoms with Crippen LogP contribution in [0.4, 0.5) is 0 Å². The molecule has 6 nitrogen and oxygen atoms in total. The van der Waals surface area contributed by atoms with E-state index in [0.717, 1.165) is 31.8 Å². The summed E-state index contributed by atoms with van der Waals surface area (Å²) in [7, 11) is 1.32. The van der Waals surface area contributed by atoms with Crippen molar-refractivity contribution in [2.24, 2.45) is 0 Å². The summed E-state index contributed by atoms with van der Waals surface area (Å²) in [4.78, 5) is 16.3. The lowest BCUT2D eigenvalue weighted by molar-refractivity contribution is 0.0596. The van der Waals surface area contributed by atoms with Crippen LogP contribution in [-0.4, -0.2) is 40.7 Å². The summed E-state index contributed by atoms with van der Waals surface area (Å²) < 4.78 is 6.56. The summed E-state index contributed by atoms with van der Waals surface area (Å²) in [5.74, 6) is 0.617. The van der Waals surface area contributed by atoms with Gasteiger partial charge in [0, 0.05) is 12.1 Å². The highest BCUT2D eigenvalue weighted by Gasteiger charge is 2.26. The second-order valence-electron chi connectivity index (χ2n) is 4.95. The molecule has 1 fully saturated rings. The zero-order valence-corrected chi connectivity index (χ0v) is 11.3. The highest BCUT2D eigenvalue weighted by molar-refractivity contribution is 5.97. The molecule has 1 aliphatic rings. The third kappa shape index (κ3) is 2.02. The fraction of sp³-hybridized carbons (Fsp3) is 0.429. The number of imidazole rings is 1. The molecular weight excluding hydrogens is 258 g/mol. The molecule has 6 heteroatoms. The number of aromatic nitrogens is 2. The fourth-order valence-corrected chi connectivity index (χ4v) is 2.75. The minimum absolute atomic E-state index is 0.0422. The summed E-state index contributed by atoms with van der Waals surface area (Å²) >= 11 is 0. The Morgan fingerprint density at radius 1 is 1.50 bits per heavy atom. The predicted molar refractivity (Wildman–Crippen MR) is 73.0 cm³/mol. The summed E-state index contributed by atoms with van der Waals surface area (Å²) in [5, 5.41) is 13.3. The van der Waals surface area contributed by atoms with Gasteiger partial charge in [0.1, 0.15) is 17.1 Å². The standard InChI is InChI=1S/C14H17N3O3/c1-20-14(19)11-12-10(18)3-2-8-17(12)13(16-11)9-4-6-15-7-5-9/h2-3,8-9,15,18H,4-7H2,1H3. The zero-order chi connectivity index (χ0) is 14.1. The van der Waals surface area contributed by atoms with Gasteiger partial charge in [0.05, 0.1) is 7.11 Å². The number of rotatable bonds is 2. The highest BCUT2D eigenvalue weighted by Crippen LogP contribution is 2.30. The maximum absolute atomic E-state index is 11.9. The molecule has 0 saturated carbocycles. The number of ether oxygens (including phenoxy) is 1. The average Bonchev–Trinajstić information content (AvgIpc) is 2.88. The van der Waals surface area contributed by atoms with Crippen molar-refractivity contribution in [2.75, 3.05) is 20.2 Å². The first-order valence-corrected chi connectivity index (χ1v) is 6.71. The van der Waals surface area contributed by atoms with Crippen LogP contribution in [0.2, 0.25) is 0 Å². The van der Waals surface area contributed by atoms with Gasteiger partial charge in [-0.25, -0.2) is 9.78 Å². The van der Waals surface area contributed by atoms with Crippen LogP contribution in [0.3, 0.4) is 0 Å². The Bertz CT molecular complexity index is 644. The molecule has 106 valence electrons. The first-order chi connectivity index (χ1) is 9.72. The highest BCUT2D eigenvalue weighted by atomic mass is 16.5. The van der Waals surface area contributed by atoms with Gasteiger partial charge < -0.3 is 15.2 Å². The van der Waals surface area contributed by atoms with Gasteiger partial charge >= 0.3 is 5.97 Å². The molecule has 2 N–H and O–H groups in total. The number of carbonyl (C=O) groups excluding carboxylic acids is 1. The first-order valence-electron chi connectivity index (χ1n) is 6.71. The number of carbonyl (C=O) groups is 1. The first kappa shape index (κ1) is 12.9. The van der Waals surface area contributed by atoms with Crippen molar-refractivity contribution in [3.8, 4) is 5.75 Å². The number of hydrogen-bond acceptors (Lipinski definition) is 5. The number of methoxy groups -OCH3 is 1. The Morgan fingerprint density at radius 3 is 2.95 bits per heavy atom. The zero-order valence-electron chi connectivity index (χ0n) is 11.3. The quantitative estimate of drug-likeness (QED) is 0.808. The number of nitrogens with one attached hydrogen (secondary N) is 1. The molecule has 0 atom stereocenters. The Hall–Kier alpha value is -2.08. The van der Waals surface area contributed by atoms with E-state index in [4.69, 9.17) is 4.74 Å². The van der Waals surface area contributed by atoms with Crippen LogP contribution >= 0.6 is 0 Å². The number of esters is 1. The van der Waals surface area contributed by atoms with Crippen molar-refractivity contribution in [3.05, 3.63) is 29.8 Å². The Kier molecular flexibility index (Phi) is 3.31. The summed E-state index contributed by atoms with van der Waals surface area (Å²) in [5.41, 5.74) is 0.604. The monoisotopic (exact) mass is 275 g/mol. The molecule has 0 unspecified atom stereocenters. The normalized spacial score (nSPS) is 16.4. The molecule has 3 heterocycles. The second-order valence-corrected chi connectivity index (χ2v) is 4.95. The predicted octanol–water partition coefficient (Wildman–Crippen LogP) is 1.29. The Balaban J connectivity index is 2.17. The molecule has 0 radical (unpaired) electrons. The van der Waals surface area contributed by atoms with Crippen LogP contribution in [0.5, 0.6) is 5.75 Å². The minimum Gasteiger partial charge on any atom is -0.506 e. The van der Waals surface area contributed by atoms with E-state index in [1.54, 1.807) is 16.5 Å². The molecule has 0 spiro atoms. The van der Waals surface area contributed by atoms with Crippen LogP contribution in [0.25, 0.3) is 5.52 Å². The maximum Gasteiger partial charge on any atom is 0.359 e. The van der Waals surface area contributed by atoms with E-state index in [-0.39, 0.29) is 17.4 Å². The molecule has 3 rings (SSSR count). The van der Waals surface area contributed by atoms with Crippen molar-refractivity contribution >= 4 is 11.5 Å². The number of fused-ring (bicyclic) bond motifs is 1. The molecule has 1 saturated heterocycles. The smallest absolute Gasteiger partial charge is 0.359 e. The largest absolute Gasteiger partial charge is 0.506 e. The summed E-state index contributed by atoms with van der Waals surface area (Å²) in [6.07, 6.45) is 3.76. The summed E-state index contributed by atoms with van der Waals surface area (Å²) in [6.45, 7) is 1.87. The SMILES string of the molecule is COC(=O)c1nc(C2CCNCC2)n2cccc(O)c12. The van der Waals surface area contributed by atoms with Gasteiger partial charge in [-0.15, -0.1) is 0 Å². The molecule has 1 aliphatic heterocycles. The van der Waals surface area contributed by atoms with Crippen LogP contribution in [-0.2, 0) is 4.74 Å². The minimum atomic E-state index is -0.524. The van der Waals surface area contributed by atoms with Crippen LogP contribution < -0.4 is 5.32 Å². The summed E-state index contributed by atoms with van der Waals surface area (Å²) in [6, 6.07) is 3.30. The van der Waals surface area contributed by atoms with Gasteiger partial charge in [-0.2, -0.15) is 0 Å². The molecule has 0 aliphatic carbocycles. The van der Waals surface area contributed by atoms with Crippen molar-refractivity contribution < 1.29 is 14.6 Å². The van der Waals surface area contributed by atoms with Gasteiger partial charge in [-0.1, -0.05) is 0 Å². The number of pyridine rings is 1.